The summed E-state index contributed by atoms with van der Waals surface area (Å²) in [6.45, 7) is 3.70. The van der Waals surface area contributed by atoms with E-state index in [9.17, 15) is 0 Å². The maximum absolute atomic E-state index is 5.19. The third-order valence-corrected chi connectivity index (χ3v) is 1.96. The van der Waals surface area contributed by atoms with E-state index in [-0.39, 0.29) is 0 Å². The predicted octanol–water partition coefficient (Wildman–Crippen LogP) is 2.36. The molecule has 0 fully saturated rings. The van der Waals surface area contributed by atoms with Crippen molar-refractivity contribution in [2.75, 3.05) is 21.3 Å². The Labute approximate surface area is 83.9 Å². The molecule has 0 aromatic heterocycles. The minimum atomic E-state index is 0.691. The van der Waals surface area contributed by atoms with E-state index in [0.29, 0.717) is 17.2 Å². The summed E-state index contributed by atoms with van der Waals surface area (Å²) in [5, 5.41) is 0. The molecule has 3 heteroatoms. The Morgan fingerprint density at radius 1 is 1.00 bits per heavy atom. The Hall–Kier alpha value is -1.64. The van der Waals surface area contributed by atoms with Crippen LogP contribution in [-0.2, 0) is 0 Å². The van der Waals surface area contributed by atoms with Crippen LogP contribution in [0.2, 0.25) is 0 Å². The molecule has 0 aliphatic rings. The summed E-state index contributed by atoms with van der Waals surface area (Å²) in [7, 11) is 4.80. The van der Waals surface area contributed by atoms with Crippen molar-refractivity contribution in [2.45, 2.75) is 0 Å². The largest absolute Gasteiger partial charge is 0.496 e. The van der Waals surface area contributed by atoms with Crippen LogP contribution < -0.4 is 14.2 Å². The maximum Gasteiger partial charge on any atom is 0.133 e. The lowest BCUT2D eigenvalue weighted by atomic mass is 10.1. The second-order valence-corrected chi connectivity index (χ2v) is 2.65. The molecular weight excluding hydrogens is 180 g/mol. The molecule has 0 aliphatic carbocycles. The van der Waals surface area contributed by atoms with E-state index in [0.717, 1.165) is 5.56 Å². The lowest BCUT2D eigenvalue weighted by Crippen LogP contribution is -1.94. The second kappa shape index (κ2) is 4.56. The molecule has 1 aromatic rings. The van der Waals surface area contributed by atoms with E-state index >= 15 is 0 Å². The van der Waals surface area contributed by atoms with E-state index in [2.05, 4.69) is 6.58 Å². The van der Waals surface area contributed by atoms with E-state index in [4.69, 9.17) is 14.2 Å². The number of methoxy groups -OCH3 is 3. The first kappa shape index (κ1) is 10.4. The Morgan fingerprint density at radius 2 is 1.50 bits per heavy atom. The standard InChI is InChI=1S/C11H14O3/c1-5-9-10(13-3)6-8(12-2)7-11(9)14-4/h5-7H,1H2,2-4H3. The summed E-state index contributed by atoms with van der Waals surface area (Å²) in [5.74, 6) is 2.08. The van der Waals surface area contributed by atoms with Gasteiger partial charge in [0.25, 0.3) is 0 Å². The van der Waals surface area contributed by atoms with E-state index in [1.807, 2.05) is 0 Å². The van der Waals surface area contributed by atoms with Crippen LogP contribution in [0.4, 0.5) is 0 Å². The highest BCUT2D eigenvalue weighted by Gasteiger charge is 2.09. The van der Waals surface area contributed by atoms with Crippen LogP contribution >= 0.6 is 0 Å². The number of benzene rings is 1. The molecule has 0 saturated carbocycles. The first-order valence-corrected chi connectivity index (χ1v) is 4.19. The van der Waals surface area contributed by atoms with Crippen molar-refractivity contribution in [2.24, 2.45) is 0 Å². The van der Waals surface area contributed by atoms with Crippen molar-refractivity contribution in [3.05, 3.63) is 24.3 Å². The van der Waals surface area contributed by atoms with Gasteiger partial charge in [-0.2, -0.15) is 0 Å². The summed E-state index contributed by atoms with van der Waals surface area (Å²) in [6, 6.07) is 3.58. The molecule has 1 aromatic carbocycles. The fourth-order valence-corrected chi connectivity index (χ4v) is 1.23. The van der Waals surface area contributed by atoms with Crippen LogP contribution in [0.1, 0.15) is 5.56 Å². The molecule has 1 rings (SSSR count). The zero-order valence-electron chi connectivity index (χ0n) is 8.66. The van der Waals surface area contributed by atoms with Gasteiger partial charge in [-0.05, 0) is 0 Å². The van der Waals surface area contributed by atoms with E-state index < -0.39 is 0 Å². The Balaban J connectivity index is 3.31. The fourth-order valence-electron chi connectivity index (χ4n) is 1.23. The van der Waals surface area contributed by atoms with Gasteiger partial charge in [0.15, 0.2) is 0 Å². The van der Waals surface area contributed by atoms with Gasteiger partial charge in [0.1, 0.15) is 17.2 Å². The van der Waals surface area contributed by atoms with Gasteiger partial charge in [0.05, 0.1) is 26.9 Å². The van der Waals surface area contributed by atoms with Crippen molar-refractivity contribution in [3.63, 3.8) is 0 Å². The van der Waals surface area contributed by atoms with Crippen LogP contribution in [0.3, 0.4) is 0 Å². The smallest absolute Gasteiger partial charge is 0.133 e. The summed E-state index contributed by atoms with van der Waals surface area (Å²) in [6.07, 6.45) is 1.69. The first-order chi connectivity index (χ1) is 6.76. The molecule has 76 valence electrons. The normalized spacial score (nSPS) is 9.36. The van der Waals surface area contributed by atoms with Crippen LogP contribution in [0.5, 0.6) is 17.2 Å². The fraction of sp³-hybridized carbons (Fsp3) is 0.273. The predicted molar refractivity (Wildman–Crippen MR) is 56.2 cm³/mol. The second-order valence-electron chi connectivity index (χ2n) is 2.65. The molecule has 0 N–H and O–H groups in total. The van der Waals surface area contributed by atoms with Crippen LogP contribution in [0.25, 0.3) is 6.08 Å². The molecule has 0 bridgehead atoms. The van der Waals surface area contributed by atoms with Crippen molar-refractivity contribution >= 4 is 6.08 Å². The third-order valence-electron chi connectivity index (χ3n) is 1.96. The first-order valence-electron chi connectivity index (χ1n) is 4.19. The molecule has 0 atom stereocenters. The van der Waals surface area contributed by atoms with Gasteiger partial charge >= 0.3 is 0 Å². The van der Waals surface area contributed by atoms with Crippen LogP contribution in [0.15, 0.2) is 18.7 Å². The highest BCUT2D eigenvalue weighted by Crippen LogP contribution is 2.34. The molecule has 0 saturated heterocycles. The van der Waals surface area contributed by atoms with Crippen molar-refractivity contribution < 1.29 is 14.2 Å². The van der Waals surface area contributed by atoms with Crippen molar-refractivity contribution in [1.82, 2.24) is 0 Å². The van der Waals surface area contributed by atoms with Gasteiger partial charge in [-0.25, -0.2) is 0 Å². The van der Waals surface area contributed by atoms with E-state index in [1.165, 1.54) is 0 Å². The molecule has 0 unspecified atom stereocenters. The average Bonchev–Trinajstić information content (AvgIpc) is 2.26. The number of rotatable bonds is 4. The molecular formula is C11H14O3. The quantitative estimate of drug-likeness (QED) is 0.736. The summed E-state index contributed by atoms with van der Waals surface area (Å²) in [5.41, 5.74) is 0.829. The minimum Gasteiger partial charge on any atom is -0.496 e. The monoisotopic (exact) mass is 194 g/mol. The zero-order chi connectivity index (χ0) is 10.6. The molecule has 0 radical (unpaired) electrons. The van der Waals surface area contributed by atoms with E-state index in [1.54, 1.807) is 39.5 Å². The van der Waals surface area contributed by atoms with Gasteiger partial charge in [-0.1, -0.05) is 12.7 Å². The molecule has 0 aliphatic heterocycles. The third kappa shape index (κ3) is 1.82. The summed E-state index contributed by atoms with van der Waals surface area (Å²) < 4.78 is 15.5. The highest BCUT2D eigenvalue weighted by atomic mass is 16.5. The molecule has 14 heavy (non-hydrogen) atoms. The Morgan fingerprint density at radius 3 is 1.79 bits per heavy atom. The SMILES string of the molecule is C=Cc1c(OC)cc(OC)cc1OC. The van der Waals surface area contributed by atoms with Crippen molar-refractivity contribution in [1.29, 1.82) is 0 Å². The number of ether oxygens (including phenoxy) is 3. The lowest BCUT2D eigenvalue weighted by molar-refractivity contribution is 0.374. The summed E-state index contributed by atoms with van der Waals surface area (Å²) >= 11 is 0. The summed E-state index contributed by atoms with van der Waals surface area (Å²) in [4.78, 5) is 0. The maximum atomic E-state index is 5.19. The number of hydrogen-bond donors (Lipinski definition) is 0. The molecule has 0 spiro atoms. The highest BCUT2D eigenvalue weighted by molar-refractivity contribution is 5.65. The molecule has 3 nitrogen and oxygen atoms in total. The van der Waals surface area contributed by atoms with Gasteiger partial charge in [0.2, 0.25) is 0 Å². The van der Waals surface area contributed by atoms with Crippen LogP contribution in [-0.4, -0.2) is 21.3 Å². The molecule has 0 heterocycles. The average molecular weight is 194 g/mol. The minimum absolute atomic E-state index is 0.691. The van der Waals surface area contributed by atoms with Gasteiger partial charge in [-0.3, -0.25) is 0 Å². The Bertz CT molecular complexity index is 306. The Kier molecular flexibility index (Phi) is 3.40. The van der Waals surface area contributed by atoms with Gasteiger partial charge in [0, 0.05) is 12.1 Å². The van der Waals surface area contributed by atoms with Crippen LogP contribution in [0, 0.1) is 0 Å². The van der Waals surface area contributed by atoms with Gasteiger partial charge in [-0.15, -0.1) is 0 Å². The van der Waals surface area contributed by atoms with Gasteiger partial charge < -0.3 is 14.2 Å². The van der Waals surface area contributed by atoms with Crippen molar-refractivity contribution in [3.8, 4) is 17.2 Å². The lowest BCUT2D eigenvalue weighted by Gasteiger charge is -2.11. The molecule has 0 amide bonds. The zero-order valence-corrected chi connectivity index (χ0v) is 8.66. The topological polar surface area (TPSA) is 27.7 Å². The number of hydrogen-bond acceptors (Lipinski definition) is 3.